The van der Waals surface area contributed by atoms with Crippen LogP contribution in [0.15, 0.2) is 53.6 Å². The molecule has 0 spiro atoms. The van der Waals surface area contributed by atoms with Crippen molar-refractivity contribution in [3.05, 3.63) is 54.5 Å². The van der Waals surface area contributed by atoms with Crippen molar-refractivity contribution in [3.8, 4) is 0 Å². The number of aromatic nitrogens is 1. The number of nitrogens with zero attached hydrogens (tertiary/aromatic N) is 5. The highest BCUT2D eigenvalue weighted by Crippen LogP contribution is 2.18. The Kier molecular flexibility index (Phi) is 7.02. The zero-order valence-corrected chi connectivity index (χ0v) is 18.8. The quantitative estimate of drug-likeness (QED) is 0.668. The third-order valence-corrected chi connectivity index (χ3v) is 7.88. The summed E-state index contributed by atoms with van der Waals surface area (Å²) in [6, 6.07) is 10.7. The number of amides is 1. The summed E-state index contributed by atoms with van der Waals surface area (Å²) in [7, 11) is -3.67. The van der Waals surface area contributed by atoms with E-state index >= 15 is 0 Å². The second-order valence-electron chi connectivity index (χ2n) is 8.04. The summed E-state index contributed by atoms with van der Waals surface area (Å²) in [5.41, 5.74) is 0. The molecule has 0 aliphatic carbocycles. The Morgan fingerprint density at radius 3 is 2.34 bits per heavy atom. The fourth-order valence-electron chi connectivity index (χ4n) is 4.12. The SMILES string of the molecule is O=C(CN1CCCN(S(=O)(=O)c2ccc(F)cc2)CC1)N1CCN(c2ccccn2)CC1. The zero-order valence-electron chi connectivity index (χ0n) is 17.9. The van der Waals surface area contributed by atoms with Crippen LogP contribution in [0.25, 0.3) is 0 Å². The zero-order chi connectivity index (χ0) is 22.6. The number of hydrogen-bond donors (Lipinski definition) is 0. The lowest BCUT2D eigenvalue weighted by molar-refractivity contribution is -0.132. The number of carbonyl (C=O) groups excluding carboxylic acids is 1. The second-order valence-corrected chi connectivity index (χ2v) is 9.98. The van der Waals surface area contributed by atoms with Gasteiger partial charge in [0.1, 0.15) is 11.6 Å². The number of rotatable bonds is 5. The number of sulfonamides is 1. The van der Waals surface area contributed by atoms with Crippen molar-refractivity contribution in [2.75, 3.05) is 63.8 Å². The van der Waals surface area contributed by atoms with E-state index in [1.807, 2.05) is 28.0 Å². The molecule has 3 heterocycles. The lowest BCUT2D eigenvalue weighted by Gasteiger charge is -2.36. The maximum atomic E-state index is 13.2. The standard InChI is InChI=1S/C22H28FN5O3S/c23-19-5-7-20(8-6-19)32(30,31)28-11-3-10-25(12-17-28)18-22(29)27-15-13-26(14-16-27)21-4-1-2-9-24-21/h1-2,4-9H,3,10-18H2. The molecule has 4 rings (SSSR count). The van der Waals surface area contributed by atoms with E-state index in [4.69, 9.17) is 0 Å². The van der Waals surface area contributed by atoms with E-state index in [9.17, 15) is 17.6 Å². The molecule has 1 aromatic carbocycles. The van der Waals surface area contributed by atoms with E-state index in [1.165, 1.54) is 16.4 Å². The van der Waals surface area contributed by atoms with Crippen LogP contribution in [0.2, 0.25) is 0 Å². The van der Waals surface area contributed by atoms with Gasteiger partial charge in [0.2, 0.25) is 15.9 Å². The van der Waals surface area contributed by atoms with Crippen LogP contribution in [0.3, 0.4) is 0 Å². The van der Waals surface area contributed by atoms with Crippen LogP contribution in [-0.4, -0.2) is 92.3 Å². The molecule has 2 aliphatic rings. The smallest absolute Gasteiger partial charge is 0.243 e. The van der Waals surface area contributed by atoms with Gasteiger partial charge in [0, 0.05) is 52.0 Å². The normalized spacial score (nSPS) is 19.0. The number of anilines is 1. The minimum Gasteiger partial charge on any atom is -0.353 e. The Balaban J connectivity index is 1.29. The molecule has 32 heavy (non-hydrogen) atoms. The highest BCUT2D eigenvalue weighted by molar-refractivity contribution is 7.89. The van der Waals surface area contributed by atoms with Crippen LogP contribution in [0.1, 0.15) is 6.42 Å². The number of halogens is 1. The molecule has 0 bridgehead atoms. The third-order valence-electron chi connectivity index (χ3n) is 5.96. The van der Waals surface area contributed by atoms with Gasteiger partial charge in [-0.3, -0.25) is 9.69 Å². The first-order valence-electron chi connectivity index (χ1n) is 10.9. The predicted molar refractivity (Wildman–Crippen MR) is 119 cm³/mol. The van der Waals surface area contributed by atoms with Crippen molar-refractivity contribution in [2.24, 2.45) is 0 Å². The first-order chi connectivity index (χ1) is 15.4. The summed E-state index contributed by atoms with van der Waals surface area (Å²) in [5, 5.41) is 0. The summed E-state index contributed by atoms with van der Waals surface area (Å²) >= 11 is 0. The van der Waals surface area contributed by atoms with Gasteiger partial charge in [-0.1, -0.05) is 6.07 Å². The fraction of sp³-hybridized carbons (Fsp3) is 0.455. The summed E-state index contributed by atoms with van der Waals surface area (Å²) < 4.78 is 40.3. The van der Waals surface area contributed by atoms with Crippen molar-refractivity contribution in [3.63, 3.8) is 0 Å². The maximum absolute atomic E-state index is 13.2. The van der Waals surface area contributed by atoms with E-state index in [2.05, 4.69) is 9.88 Å². The van der Waals surface area contributed by atoms with E-state index in [1.54, 1.807) is 6.20 Å². The molecular formula is C22H28FN5O3S. The van der Waals surface area contributed by atoms with Crippen LogP contribution in [0.4, 0.5) is 10.2 Å². The molecule has 0 radical (unpaired) electrons. The molecule has 2 fully saturated rings. The average Bonchev–Trinajstić information content (AvgIpc) is 3.06. The van der Waals surface area contributed by atoms with Crippen LogP contribution < -0.4 is 4.90 Å². The van der Waals surface area contributed by atoms with E-state index in [-0.39, 0.29) is 17.3 Å². The van der Waals surface area contributed by atoms with Gasteiger partial charge in [0.25, 0.3) is 0 Å². The van der Waals surface area contributed by atoms with Crippen molar-refractivity contribution in [2.45, 2.75) is 11.3 Å². The number of pyridine rings is 1. The van der Waals surface area contributed by atoms with Crippen molar-refractivity contribution >= 4 is 21.7 Å². The monoisotopic (exact) mass is 461 g/mol. The maximum Gasteiger partial charge on any atom is 0.243 e. The van der Waals surface area contributed by atoms with E-state index in [0.717, 1.165) is 31.0 Å². The van der Waals surface area contributed by atoms with Gasteiger partial charge >= 0.3 is 0 Å². The van der Waals surface area contributed by atoms with Gasteiger partial charge in [-0.25, -0.2) is 17.8 Å². The van der Waals surface area contributed by atoms with E-state index < -0.39 is 15.8 Å². The second kappa shape index (κ2) is 9.93. The summed E-state index contributed by atoms with van der Waals surface area (Å²) in [5.74, 6) is 0.528. The van der Waals surface area contributed by atoms with Crippen LogP contribution in [0, 0.1) is 5.82 Å². The number of benzene rings is 1. The molecule has 2 aromatic rings. The van der Waals surface area contributed by atoms with Crippen LogP contribution in [0.5, 0.6) is 0 Å². The molecule has 0 N–H and O–H groups in total. The number of carbonyl (C=O) groups is 1. The van der Waals surface area contributed by atoms with Gasteiger partial charge in [-0.2, -0.15) is 4.31 Å². The Morgan fingerprint density at radius 1 is 0.906 bits per heavy atom. The fourth-order valence-corrected chi connectivity index (χ4v) is 5.59. The van der Waals surface area contributed by atoms with Gasteiger partial charge < -0.3 is 9.80 Å². The van der Waals surface area contributed by atoms with E-state index in [0.29, 0.717) is 45.7 Å². The molecule has 2 saturated heterocycles. The molecule has 8 nitrogen and oxygen atoms in total. The molecule has 172 valence electrons. The van der Waals surface area contributed by atoms with Crippen LogP contribution >= 0.6 is 0 Å². The Labute approximate surface area is 188 Å². The first-order valence-corrected chi connectivity index (χ1v) is 12.3. The summed E-state index contributed by atoms with van der Waals surface area (Å²) in [4.78, 5) is 23.4. The van der Waals surface area contributed by atoms with Crippen LogP contribution in [-0.2, 0) is 14.8 Å². The van der Waals surface area contributed by atoms with Gasteiger partial charge in [-0.15, -0.1) is 0 Å². The molecule has 1 amide bonds. The highest BCUT2D eigenvalue weighted by Gasteiger charge is 2.29. The Morgan fingerprint density at radius 2 is 1.66 bits per heavy atom. The van der Waals surface area contributed by atoms with Crippen molar-refractivity contribution in [1.29, 1.82) is 0 Å². The average molecular weight is 462 g/mol. The predicted octanol–water partition coefficient (Wildman–Crippen LogP) is 1.27. The van der Waals surface area contributed by atoms with Gasteiger partial charge in [0.15, 0.2) is 0 Å². The number of hydrogen-bond acceptors (Lipinski definition) is 6. The third kappa shape index (κ3) is 5.25. The van der Waals surface area contributed by atoms with Gasteiger partial charge in [0.05, 0.1) is 11.4 Å². The van der Waals surface area contributed by atoms with Crippen molar-refractivity contribution in [1.82, 2.24) is 19.1 Å². The minimum atomic E-state index is -3.67. The molecule has 2 aliphatic heterocycles. The Bertz CT molecular complexity index is 1010. The summed E-state index contributed by atoms with van der Waals surface area (Å²) in [6.07, 6.45) is 2.41. The molecule has 0 saturated carbocycles. The van der Waals surface area contributed by atoms with Crippen molar-refractivity contribution < 1.29 is 17.6 Å². The number of piperazine rings is 1. The summed E-state index contributed by atoms with van der Waals surface area (Å²) in [6.45, 7) is 4.90. The molecule has 1 aromatic heterocycles. The topological polar surface area (TPSA) is 77.1 Å². The van der Waals surface area contributed by atoms with Gasteiger partial charge in [-0.05, 0) is 49.4 Å². The Hall–Kier alpha value is -2.56. The molecule has 0 unspecified atom stereocenters. The molecule has 10 heteroatoms. The highest BCUT2D eigenvalue weighted by atomic mass is 32.2. The lowest BCUT2D eigenvalue weighted by atomic mass is 10.3. The first kappa shape index (κ1) is 22.6. The molecule has 0 atom stereocenters. The largest absolute Gasteiger partial charge is 0.353 e. The lowest BCUT2D eigenvalue weighted by Crippen LogP contribution is -2.51. The molecular weight excluding hydrogens is 433 g/mol. The minimum absolute atomic E-state index is 0.0699.